The maximum Gasteiger partial charge on any atom is 0.306 e. The van der Waals surface area contributed by atoms with E-state index >= 15 is 0 Å². The van der Waals surface area contributed by atoms with Gasteiger partial charge in [0.25, 0.3) is 0 Å². The molecule has 0 saturated heterocycles. The predicted molar refractivity (Wildman–Crippen MR) is 53.4 cm³/mol. The van der Waals surface area contributed by atoms with E-state index in [0.29, 0.717) is 12.5 Å². The van der Waals surface area contributed by atoms with Crippen molar-refractivity contribution in [2.24, 2.45) is 5.92 Å². The lowest BCUT2D eigenvalue weighted by Gasteiger charge is -2.11. The van der Waals surface area contributed by atoms with Crippen LogP contribution in [0, 0.1) is 5.92 Å². The highest BCUT2D eigenvalue weighted by molar-refractivity contribution is 7.79. The van der Waals surface area contributed by atoms with Gasteiger partial charge in [0.2, 0.25) is 0 Å². The van der Waals surface area contributed by atoms with E-state index in [1.807, 2.05) is 6.92 Å². The summed E-state index contributed by atoms with van der Waals surface area (Å²) < 4.78 is 25.2. The van der Waals surface area contributed by atoms with Crippen molar-refractivity contribution in [1.82, 2.24) is 0 Å². The summed E-state index contributed by atoms with van der Waals surface area (Å²) in [7, 11) is 0. The van der Waals surface area contributed by atoms with Gasteiger partial charge in [0.05, 0.1) is 13.0 Å². The zero-order chi connectivity index (χ0) is 11.0. The first-order chi connectivity index (χ1) is 6.56. The highest BCUT2D eigenvalue weighted by atomic mass is 32.2. The Kier molecular flexibility index (Phi) is 7.70. The van der Waals surface area contributed by atoms with E-state index in [4.69, 9.17) is 4.74 Å². The highest BCUT2D eigenvalue weighted by Crippen LogP contribution is 2.05. The summed E-state index contributed by atoms with van der Waals surface area (Å²) in [6, 6.07) is 0. The lowest BCUT2D eigenvalue weighted by Crippen LogP contribution is -2.14. The van der Waals surface area contributed by atoms with Crippen molar-refractivity contribution in [3.63, 3.8) is 0 Å². The smallest absolute Gasteiger partial charge is 0.306 e. The second kappa shape index (κ2) is 7.94. The fraction of sp³-hybridized carbons (Fsp3) is 0.889. The van der Waals surface area contributed by atoms with Crippen LogP contribution in [0.2, 0.25) is 0 Å². The molecule has 0 fully saturated rings. The van der Waals surface area contributed by atoms with Gasteiger partial charge in [0, 0.05) is 5.75 Å². The van der Waals surface area contributed by atoms with Crippen molar-refractivity contribution in [2.45, 2.75) is 33.1 Å². The van der Waals surface area contributed by atoms with Crippen LogP contribution >= 0.6 is 0 Å². The van der Waals surface area contributed by atoms with Crippen LogP contribution in [-0.4, -0.2) is 27.1 Å². The molecule has 0 bridgehead atoms. The summed E-state index contributed by atoms with van der Waals surface area (Å²) in [6.45, 7) is 4.46. The van der Waals surface area contributed by atoms with Crippen LogP contribution in [0.4, 0.5) is 0 Å². The molecular weight excluding hydrogens is 204 g/mol. The van der Waals surface area contributed by atoms with Crippen molar-refractivity contribution < 1.29 is 18.3 Å². The first kappa shape index (κ1) is 13.6. The summed E-state index contributed by atoms with van der Waals surface area (Å²) in [6.07, 6.45) is 2.03. The van der Waals surface area contributed by atoms with Gasteiger partial charge < -0.3 is 9.29 Å². The molecule has 0 aliphatic carbocycles. The zero-order valence-corrected chi connectivity index (χ0v) is 9.47. The van der Waals surface area contributed by atoms with E-state index in [1.54, 1.807) is 0 Å². The largest absolute Gasteiger partial charge is 0.772 e. The molecule has 0 rings (SSSR count). The van der Waals surface area contributed by atoms with Crippen molar-refractivity contribution >= 4 is 17.0 Å². The maximum absolute atomic E-state index is 11.0. The van der Waals surface area contributed by atoms with Crippen molar-refractivity contribution in [1.29, 1.82) is 0 Å². The molecule has 0 aromatic rings. The molecule has 14 heavy (non-hydrogen) atoms. The second-order valence-electron chi connectivity index (χ2n) is 3.33. The first-order valence-electron chi connectivity index (χ1n) is 4.77. The van der Waals surface area contributed by atoms with Gasteiger partial charge >= 0.3 is 5.97 Å². The third-order valence-corrected chi connectivity index (χ3v) is 2.32. The van der Waals surface area contributed by atoms with Gasteiger partial charge in [-0.1, -0.05) is 31.3 Å². The Balaban J connectivity index is 3.48. The highest BCUT2D eigenvalue weighted by Gasteiger charge is 2.06. The minimum absolute atomic E-state index is 0.0467. The Morgan fingerprint density at radius 1 is 1.57 bits per heavy atom. The average Bonchev–Trinajstić information content (AvgIpc) is 2.12. The van der Waals surface area contributed by atoms with Gasteiger partial charge in [-0.15, -0.1) is 0 Å². The van der Waals surface area contributed by atoms with Gasteiger partial charge in [-0.05, 0) is 12.3 Å². The normalized spacial score (nSPS) is 14.8. The number of rotatable bonds is 7. The molecule has 0 N–H and O–H groups in total. The van der Waals surface area contributed by atoms with Gasteiger partial charge in [0.1, 0.15) is 0 Å². The summed E-state index contributed by atoms with van der Waals surface area (Å²) in [5, 5.41) is 0. The van der Waals surface area contributed by atoms with Gasteiger partial charge in [0.15, 0.2) is 0 Å². The molecule has 5 heteroatoms. The van der Waals surface area contributed by atoms with E-state index < -0.39 is 17.0 Å². The molecule has 0 aliphatic rings. The van der Waals surface area contributed by atoms with E-state index in [0.717, 1.165) is 12.8 Å². The fourth-order valence-electron chi connectivity index (χ4n) is 1.05. The average molecular weight is 221 g/mol. The molecule has 0 radical (unpaired) electrons. The Bertz CT molecular complexity index is 193. The second-order valence-corrected chi connectivity index (χ2v) is 4.35. The molecule has 0 amide bonds. The summed E-state index contributed by atoms with van der Waals surface area (Å²) >= 11 is -2.15. The van der Waals surface area contributed by atoms with E-state index in [1.165, 1.54) is 0 Å². The zero-order valence-electron chi connectivity index (χ0n) is 8.65. The van der Waals surface area contributed by atoms with Crippen LogP contribution in [-0.2, 0) is 20.6 Å². The fourth-order valence-corrected chi connectivity index (χ4v) is 1.38. The number of ether oxygens (including phenoxy) is 1. The number of hydrogen-bond donors (Lipinski definition) is 0. The first-order valence-corrected chi connectivity index (χ1v) is 6.02. The summed E-state index contributed by atoms with van der Waals surface area (Å²) in [4.78, 5) is 11.0. The SMILES string of the molecule is CCCC(C)COC(=O)CCS(=O)[O-]. The molecule has 0 aliphatic heterocycles. The topological polar surface area (TPSA) is 66.4 Å². The number of carbonyl (C=O) groups excluding carboxylic acids is 1. The van der Waals surface area contributed by atoms with E-state index in [2.05, 4.69) is 6.92 Å². The number of hydrogen-bond acceptors (Lipinski definition) is 4. The Morgan fingerprint density at radius 3 is 2.71 bits per heavy atom. The maximum atomic E-state index is 11.0. The predicted octanol–water partition coefficient (Wildman–Crippen LogP) is 1.24. The minimum atomic E-state index is -2.15. The molecule has 0 aromatic heterocycles. The monoisotopic (exact) mass is 221 g/mol. The molecule has 2 atom stereocenters. The quantitative estimate of drug-likeness (QED) is 0.479. The lowest BCUT2D eigenvalue weighted by atomic mass is 10.1. The van der Waals surface area contributed by atoms with E-state index in [9.17, 15) is 13.6 Å². The lowest BCUT2D eigenvalue weighted by molar-refractivity contribution is -0.144. The minimum Gasteiger partial charge on any atom is -0.772 e. The van der Waals surface area contributed by atoms with Gasteiger partial charge in [-0.25, -0.2) is 0 Å². The van der Waals surface area contributed by atoms with Crippen LogP contribution in [0.15, 0.2) is 0 Å². The third-order valence-electron chi connectivity index (χ3n) is 1.78. The standard InChI is InChI=1S/C9H18O4S/c1-3-4-8(2)7-13-9(10)5-6-14(11)12/h8H,3-7H2,1-2H3,(H,11,12)/p-1. The summed E-state index contributed by atoms with van der Waals surface area (Å²) in [5.41, 5.74) is 0. The van der Waals surface area contributed by atoms with Gasteiger partial charge in [-0.3, -0.25) is 9.00 Å². The van der Waals surface area contributed by atoms with E-state index in [-0.39, 0.29) is 12.2 Å². The Labute approximate surface area is 87.3 Å². The molecule has 84 valence electrons. The molecule has 0 saturated carbocycles. The van der Waals surface area contributed by atoms with Crippen LogP contribution in [0.3, 0.4) is 0 Å². The number of carbonyl (C=O) groups is 1. The Hall–Kier alpha value is -0.420. The molecule has 0 aromatic carbocycles. The van der Waals surface area contributed by atoms with Crippen LogP contribution in [0.1, 0.15) is 33.1 Å². The Morgan fingerprint density at radius 2 is 2.21 bits per heavy atom. The number of esters is 1. The molecule has 2 unspecified atom stereocenters. The van der Waals surface area contributed by atoms with Crippen LogP contribution in [0.25, 0.3) is 0 Å². The third kappa shape index (κ3) is 8.19. The van der Waals surface area contributed by atoms with Crippen LogP contribution < -0.4 is 0 Å². The van der Waals surface area contributed by atoms with Crippen LogP contribution in [0.5, 0.6) is 0 Å². The van der Waals surface area contributed by atoms with Crippen molar-refractivity contribution in [3.05, 3.63) is 0 Å². The molecule has 0 spiro atoms. The van der Waals surface area contributed by atoms with Gasteiger partial charge in [-0.2, -0.15) is 0 Å². The van der Waals surface area contributed by atoms with Crippen molar-refractivity contribution in [2.75, 3.05) is 12.4 Å². The molecule has 4 nitrogen and oxygen atoms in total. The summed E-state index contributed by atoms with van der Waals surface area (Å²) in [5.74, 6) is -0.236. The molecular formula is C9H17O4S-. The van der Waals surface area contributed by atoms with Crippen molar-refractivity contribution in [3.8, 4) is 0 Å². The molecule has 0 heterocycles.